The average molecular weight is 502 g/mol. The van der Waals surface area contributed by atoms with Crippen LogP contribution in [0.1, 0.15) is 42.9 Å². The van der Waals surface area contributed by atoms with Crippen LogP contribution < -0.4 is 0 Å². The zero-order valence-electron chi connectivity index (χ0n) is 22.4. The second-order valence-electron chi connectivity index (χ2n) is 10.0. The molecule has 0 bridgehead atoms. The van der Waals surface area contributed by atoms with Gasteiger partial charge in [0.2, 0.25) is 0 Å². The normalized spacial score (nSPS) is 24.9. The van der Waals surface area contributed by atoms with Crippen LogP contribution in [0.4, 0.5) is 0 Å². The van der Waals surface area contributed by atoms with Crippen LogP contribution in [0.5, 0.6) is 0 Å². The molecule has 0 aromatic heterocycles. The topological polar surface area (TPSA) is 74.3 Å². The summed E-state index contributed by atoms with van der Waals surface area (Å²) in [4.78, 5) is 27.2. The van der Waals surface area contributed by atoms with Crippen molar-refractivity contribution >= 4 is 11.8 Å². The van der Waals surface area contributed by atoms with Crippen molar-refractivity contribution in [2.24, 2.45) is 17.8 Å². The first-order valence-corrected chi connectivity index (χ1v) is 13.3. The number of carbonyl (C=O) groups is 2. The number of allylic oxidation sites excluding steroid dienone is 1. The first-order valence-electron chi connectivity index (χ1n) is 13.3. The Bertz CT molecular complexity index is 879. The quantitative estimate of drug-likeness (QED) is 0.231. The molecule has 1 aromatic rings. The smallest absolute Gasteiger partial charge is 0.309 e. The zero-order valence-corrected chi connectivity index (χ0v) is 22.4. The van der Waals surface area contributed by atoms with E-state index in [1.165, 1.54) is 16.7 Å². The van der Waals surface area contributed by atoms with Gasteiger partial charge in [0, 0.05) is 38.6 Å². The molecule has 0 radical (unpaired) electrons. The Kier molecular flexibility index (Phi) is 11.4. The number of benzene rings is 1. The van der Waals surface area contributed by atoms with Crippen molar-refractivity contribution in [3.63, 3.8) is 0 Å². The summed E-state index contributed by atoms with van der Waals surface area (Å²) < 4.78 is 21.9. The van der Waals surface area contributed by atoms with Crippen molar-refractivity contribution in [2.75, 3.05) is 53.2 Å². The van der Waals surface area contributed by atoms with E-state index in [-0.39, 0.29) is 42.9 Å². The van der Waals surface area contributed by atoms with Gasteiger partial charge in [0.1, 0.15) is 12.4 Å². The highest BCUT2D eigenvalue weighted by atomic mass is 16.5. The summed E-state index contributed by atoms with van der Waals surface area (Å²) in [6.07, 6.45) is 6.12. The Morgan fingerprint density at radius 3 is 2.67 bits per heavy atom. The van der Waals surface area contributed by atoms with E-state index in [1.54, 1.807) is 13.4 Å². The number of Topliss-reactive ketones (excluding diaryl/α,β-unsaturated/α-hetero) is 1. The van der Waals surface area contributed by atoms with E-state index >= 15 is 0 Å². The van der Waals surface area contributed by atoms with Gasteiger partial charge in [-0.3, -0.25) is 14.5 Å². The number of ether oxygens (including phenoxy) is 4. The monoisotopic (exact) mass is 501 g/mol. The first-order chi connectivity index (χ1) is 17.4. The highest BCUT2D eigenvalue weighted by Gasteiger charge is 2.46. The fraction of sp³-hybridized carbons (Fsp3) is 0.655. The Morgan fingerprint density at radius 1 is 1.17 bits per heavy atom. The van der Waals surface area contributed by atoms with Crippen LogP contribution in [0.15, 0.2) is 30.5 Å². The van der Waals surface area contributed by atoms with Gasteiger partial charge in [0.15, 0.2) is 0 Å². The number of esters is 1. The van der Waals surface area contributed by atoms with Crippen molar-refractivity contribution < 1.29 is 28.5 Å². The summed E-state index contributed by atoms with van der Waals surface area (Å²) in [6, 6.07) is 6.54. The van der Waals surface area contributed by atoms with Gasteiger partial charge in [-0.2, -0.15) is 0 Å². The molecule has 7 nitrogen and oxygen atoms in total. The average Bonchev–Trinajstić information content (AvgIpc) is 3.11. The number of ketones is 1. The summed E-state index contributed by atoms with van der Waals surface area (Å²) in [6.45, 7) is 10.9. The lowest BCUT2D eigenvalue weighted by atomic mass is 9.86. The fourth-order valence-electron chi connectivity index (χ4n) is 5.30. The van der Waals surface area contributed by atoms with Gasteiger partial charge < -0.3 is 18.9 Å². The largest absolute Gasteiger partial charge is 0.501 e. The number of morpholine rings is 1. The number of rotatable bonds is 13. The van der Waals surface area contributed by atoms with Gasteiger partial charge >= 0.3 is 5.97 Å². The van der Waals surface area contributed by atoms with Crippen LogP contribution in [-0.2, 0) is 35.0 Å². The third-order valence-corrected chi connectivity index (χ3v) is 7.63. The Hall–Kier alpha value is -2.22. The van der Waals surface area contributed by atoms with Gasteiger partial charge in [-0.05, 0) is 61.8 Å². The van der Waals surface area contributed by atoms with Crippen molar-refractivity contribution in [2.45, 2.75) is 52.6 Å². The highest BCUT2D eigenvalue weighted by molar-refractivity contribution is 5.86. The van der Waals surface area contributed by atoms with E-state index < -0.39 is 0 Å². The maximum atomic E-state index is 13.0. The number of hydrogen-bond acceptors (Lipinski definition) is 7. The SMILES string of the molecule is COC1C(C)C(=O)[C@H](CCc2ccc(C)c(C)c2)[C@H]1C/C=C\OCCC(=O)OCCN1CCOCC1. The minimum absolute atomic E-state index is 0.0300. The summed E-state index contributed by atoms with van der Waals surface area (Å²) in [5.74, 6) is 0.0283. The first kappa shape index (κ1) is 28.4. The molecule has 1 aliphatic heterocycles. The van der Waals surface area contributed by atoms with Gasteiger partial charge in [-0.1, -0.05) is 25.1 Å². The highest BCUT2D eigenvalue weighted by Crippen LogP contribution is 2.40. The van der Waals surface area contributed by atoms with E-state index in [0.29, 0.717) is 18.8 Å². The van der Waals surface area contributed by atoms with Crippen molar-refractivity contribution in [1.29, 1.82) is 0 Å². The molecular weight excluding hydrogens is 458 g/mol. The fourth-order valence-corrected chi connectivity index (χ4v) is 5.30. The van der Waals surface area contributed by atoms with Gasteiger partial charge in [-0.25, -0.2) is 0 Å². The van der Waals surface area contributed by atoms with Crippen molar-refractivity contribution in [3.05, 3.63) is 47.2 Å². The molecule has 0 N–H and O–H groups in total. The molecule has 7 heteroatoms. The van der Waals surface area contributed by atoms with Gasteiger partial charge in [0.25, 0.3) is 0 Å². The molecule has 36 heavy (non-hydrogen) atoms. The Balaban J connectivity index is 1.40. The number of methoxy groups -OCH3 is 1. The zero-order chi connectivity index (χ0) is 25.9. The second kappa shape index (κ2) is 14.5. The number of hydrogen-bond donors (Lipinski definition) is 0. The standard InChI is InChI=1S/C29H43NO6/c1-21-7-8-24(20-22(21)2)9-10-25-26(29(33-4)23(3)28(25)32)6-5-15-34-16-11-27(31)36-19-14-30-12-17-35-18-13-30/h5,7-8,15,20,23,25-26,29H,6,9-14,16-19H2,1-4H3/b15-5-/t23?,25-,26-,29?/m1/s1. The van der Waals surface area contributed by atoms with E-state index in [4.69, 9.17) is 18.9 Å². The molecule has 1 heterocycles. The van der Waals surface area contributed by atoms with Crippen LogP contribution in [0, 0.1) is 31.6 Å². The van der Waals surface area contributed by atoms with Gasteiger partial charge in [-0.15, -0.1) is 0 Å². The molecule has 1 aromatic carbocycles. The number of carbonyl (C=O) groups excluding carboxylic acids is 2. The van der Waals surface area contributed by atoms with E-state index in [1.807, 2.05) is 13.0 Å². The molecule has 200 valence electrons. The second-order valence-corrected chi connectivity index (χ2v) is 10.0. The van der Waals surface area contributed by atoms with Crippen LogP contribution in [0.3, 0.4) is 0 Å². The maximum absolute atomic E-state index is 13.0. The molecular formula is C29H43NO6. The predicted molar refractivity (Wildman–Crippen MR) is 139 cm³/mol. The van der Waals surface area contributed by atoms with Crippen LogP contribution >= 0.6 is 0 Å². The minimum atomic E-state index is -0.252. The molecule has 1 saturated carbocycles. The van der Waals surface area contributed by atoms with Crippen LogP contribution in [0.2, 0.25) is 0 Å². The predicted octanol–water partition coefficient (Wildman–Crippen LogP) is 3.89. The third kappa shape index (κ3) is 8.15. The van der Waals surface area contributed by atoms with Crippen LogP contribution in [0.25, 0.3) is 0 Å². The van der Waals surface area contributed by atoms with E-state index in [9.17, 15) is 9.59 Å². The summed E-state index contributed by atoms with van der Waals surface area (Å²) in [7, 11) is 1.69. The van der Waals surface area contributed by atoms with Crippen molar-refractivity contribution in [3.8, 4) is 0 Å². The number of aryl methyl sites for hydroxylation is 3. The molecule has 2 fully saturated rings. The molecule has 0 spiro atoms. The van der Waals surface area contributed by atoms with Gasteiger partial charge in [0.05, 0.1) is 38.6 Å². The Labute approximate surface area is 216 Å². The van der Waals surface area contributed by atoms with Crippen LogP contribution in [-0.4, -0.2) is 75.9 Å². The minimum Gasteiger partial charge on any atom is -0.501 e. The number of nitrogens with zero attached hydrogens (tertiary/aromatic N) is 1. The summed E-state index contributed by atoms with van der Waals surface area (Å²) in [5.41, 5.74) is 3.84. The molecule has 3 rings (SSSR count). The lowest BCUT2D eigenvalue weighted by Gasteiger charge is -2.26. The summed E-state index contributed by atoms with van der Waals surface area (Å²) >= 11 is 0. The van der Waals surface area contributed by atoms with E-state index in [2.05, 4.69) is 36.9 Å². The Morgan fingerprint density at radius 2 is 1.94 bits per heavy atom. The molecule has 4 atom stereocenters. The lowest BCUT2D eigenvalue weighted by Crippen LogP contribution is -2.38. The van der Waals surface area contributed by atoms with E-state index in [0.717, 1.165) is 45.7 Å². The molecule has 1 aliphatic carbocycles. The molecule has 2 aliphatic rings. The molecule has 1 saturated heterocycles. The maximum Gasteiger partial charge on any atom is 0.309 e. The van der Waals surface area contributed by atoms with Crippen molar-refractivity contribution in [1.82, 2.24) is 4.90 Å². The summed E-state index contributed by atoms with van der Waals surface area (Å²) in [5, 5.41) is 0. The molecule has 0 amide bonds. The molecule has 2 unspecified atom stereocenters. The lowest BCUT2D eigenvalue weighted by molar-refractivity contribution is -0.145. The third-order valence-electron chi connectivity index (χ3n) is 7.63.